The molecule has 6 nitrogen and oxygen atoms in total. The second-order valence-electron chi connectivity index (χ2n) is 5.57. The van der Waals surface area contributed by atoms with E-state index >= 15 is 0 Å². The van der Waals surface area contributed by atoms with Crippen LogP contribution < -0.4 is 4.90 Å². The van der Waals surface area contributed by atoms with Crippen LogP contribution >= 0.6 is 23.4 Å². The number of alkyl halides is 3. The number of nitrogens with zero attached hydrogens (tertiary/aromatic N) is 4. The van der Waals surface area contributed by atoms with Gasteiger partial charge in [0, 0.05) is 25.4 Å². The molecular formula is C16H17ClF3N5OS. The Balaban J connectivity index is 1.93. The van der Waals surface area contributed by atoms with E-state index in [1.165, 1.54) is 16.6 Å². The van der Waals surface area contributed by atoms with Crippen LogP contribution in [0.3, 0.4) is 0 Å². The predicted molar refractivity (Wildman–Crippen MR) is 100 cm³/mol. The van der Waals surface area contributed by atoms with E-state index in [-0.39, 0.29) is 28.8 Å². The Labute approximate surface area is 163 Å². The quantitative estimate of drug-likeness (QED) is 0.518. The van der Waals surface area contributed by atoms with E-state index in [4.69, 9.17) is 17.0 Å². The minimum Gasteiger partial charge on any atom is -0.306 e. The molecule has 0 unspecified atom stereocenters. The summed E-state index contributed by atoms with van der Waals surface area (Å²) in [5, 5.41) is 12.1. The van der Waals surface area contributed by atoms with E-state index in [9.17, 15) is 18.0 Å². The standard InChI is InChI=1S/C16H17ClF3N5OS/c1-24(15(26)12(21)10-27-7-3-5-16(18,19)20)13-9-25(23-14(13)17)11-4-2-6-22-8-11/h2,4,6,8-9,21H,3,5,7,10H2,1H3. The maximum Gasteiger partial charge on any atom is 0.389 e. The van der Waals surface area contributed by atoms with Gasteiger partial charge < -0.3 is 4.90 Å². The molecule has 0 saturated carbocycles. The van der Waals surface area contributed by atoms with Gasteiger partial charge in [-0.25, -0.2) is 4.68 Å². The number of carbonyl (C=O) groups is 1. The normalized spacial score (nSPS) is 11.4. The summed E-state index contributed by atoms with van der Waals surface area (Å²) in [6.07, 6.45) is -0.372. The maximum absolute atomic E-state index is 12.4. The molecule has 146 valence electrons. The second kappa shape index (κ2) is 9.23. The Morgan fingerprint density at radius 3 is 2.81 bits per heavy atom. The molecule has 2 heterocycles. The van der Waals surface area contributed by atoms with Crippen molar-refractivity contribution in [3.05, 3.63) is 35.9 Å². The van der Waals surface area contributed by atoms with Crippen LogP contribution in [0, 0.1) is 5.41 Å². The first-order chi connectivity index (χ1) is 12.7. The lowest BCUT2D eigenvalue weighted by molar-refractivity contribution is -0.134. The van der Waals surface area contributed by atoms with Crippen molar-refractivity contribution in [3.63, 3.8) is 0 Å². The summed E-state index contributed by atoms with van der Waals surface area (Å²) in [5.74, 6) is -0.348. The zero-order chi connectivity index (χ0) is 20.0. The Kier molecular flexibility index (Phi) is 7.25. The summed E-state index contributed by atoms with van der Waals surface area (Å²) >= 11 is 7.21. The van der Waals surface area contributed by atoms with Crippen molar-refractivity contribution >= 4 is 40.7 Å². The maximum atomic E-state index is 12.4. The van der Waals surface area contributed by atoms with Gasteiger partial charge in [0.1, 0.15) is 11.4 Å². The number of hydrogen-bond acceptors (Lipinski definition) is 5. The fourth-order valence-electron chi connectivity index (χ4n) is 2.11. The van der Waals surface area contributed by atoms with E-state index in [1.807, 2.05) is 0 Å². The number of anilines is 1. The highest BCUT2D eigenvalue weighted by Gasteiger charge is 2.26. The van der Waals surface area contributed by atoms with Crippen LogP contribution in [0.5, 0.6) is 0 Å². The van der Waals surface area contributed by atoms with Gasteiger partial charge in [-0.1, -0.05) is 11.6 Å². The fourth-order valence-corrected chi connectivity index (χ4v) is 3.19. The van der Waals surface area contributed by atoms with Crippen LogP contribution in [0.1, 0.15) is 12.8 Å². The smallest absolute Gasteiger partial charge is 0.306 e. The largest absolute Gasteiger partial charge is 0.389 e. The van der Waals surface area contributed by atoms with Gasteiger partial charge in [-0.2, -0.15) is 30.0 Å². The molecule has 1 amide bonds. The summed E-state index contributed by atoms with van der Waals surface area (Å²) in [5.41, 5.74) is 0.749. The van der Waals surface area contributed by atoms with Crippen LogP contribution in [0.2, 0.25) is 5.15 Å². The van der Waals surface area contributed by atoms with Gasteiger partial charge in [-0.15, -0.1) is 0 Å². The molecule has 2 rings (SSSR count). The van der Waals surface area contributed by atoms with Crippen molar-refractivity contribution in [2.24, 2.45) is 0 Å². The number of thioether (sulfide) groups is 1. The zero-order valence-electron chi connectivity index (χ0n) is 14.3. The van der Waals surface area contributed by atoms with Crippen molar-refractivity contribution in [2.45, 2.75) is 19.0 Å². The van der Waals surface area contributed by atoms with E-state index in [2.05, 4.69) is 10.1 Å². The van der Waals surface area contributed by atoms with Crippen LogP contribution in [0.15, 0.2) is 30.7 Å². The lowest BCUT2D eigenvalue weighted by atomic mass is 10.3. The molecule has 0 saturated heterocycles. The lowest BCUT2D eigenvalue weighted by Crippen LogP contribution is -2.34. The Morgan fingerprint density at radius 2 is 2.19 bits per heavy atom. The molecule has 1 N–H and O–H groups in total. The molecule has 0 bridgehead atoms. The van der Waals surface area contributed by atoms with Crippen molar-refractivity contribution in [1.29, 1.82) is 5.41 Å². The van der Waals surface area contributed by atoms with Crippen molar-refractivity contribution in [2.75, 3.05) is 23.5 Å². The topological polar surface area (TPSA) is 74.9 Å². The number of pyridine rings is 1. The number of hydrogen-bond donors (Lipinski definition) is 1. The van der Waals surface area contributed by atoms with Crippen LogP contribution in [0.4, 0.5) is 18.9 Å². The summed E-state index contributed by atoms with van der Waals surface area (Å²) in [6.45, 7) is 0. The minimum absolute atomic E-state index is 0.0232. The Morgan fingerprint density at radius 1 is 1.44 bits per heavy atom. The molecule has 0 fully saturated rings. The summed E-state index contributed by atoms with van der Waals surface area (Å²) in [7, 11) is 1.46. The number of rotatable bonds is 8. The van der Waals surface area contributed by atoms with Gasteiger partial charge in [-0.3, -0.25) is 15.2 Å². The second-order valence-corrected chi connectivity index (χ2v) is 7.04. The van der Waals surface area contributed by atoms with Crippen LogP contribution in [-0.2, 0) is 4.79 Å². The molecule has 0 atom stereocenters. The highest BCUT2D eigenvalue weighted by atomic mass is 35.5. The third-order valence-corrected chi connectivity index (χ3v) is 4.82. The SMILES string of the molecule is CN(C(=O)C(=N)CSCCCC(F)(F)F)c1cn(-c2cccnc2)nc1Cl. The average molecular weight is 420 g/mol. The molecule has 0 aliphatic carbocycles. The molecule has 0 aliphatic rings. The molecular weight excluding hydrogens is 403 g/mol. The van der Waals surface area contributed by atoms with E-state index in [1.54, 1.807) is 30.7 Å². The van der Waals surface area contributed by atoms with Gasteiger partial charge in [0.2, 0.25) is 0 Å². The van der Waals surface area contributed by atoms with Crippen LogP contribution in [-0.4, -0.2) is 51.1 Å². The predicted octanol–water partition coefficient (Wildman–Crippen LogP) is 3.98. The number of nitrogens with one attached hydrogen (secondary N) is 1. The molecule has 0 radical (unpaired) electrons. The third kappa shape index (κ3) is 6.24. The summed E-state index contributed by atoms with van der Waals surface area (Å²) < 4.78 is 37.7. The Hall–Kier alpha value is -2.07. The highest BCUT2D eigenvalue weighted by molar-refractivity contribution is 8.00. The van der Waals surface area contributed by atoms with Gasteiger partial charge >= 0.3 is 6.18 Å². The number of halogens is 4. The van der Waals surface area contributed by atoms with E-state index in [0.717, 1.165) is 11.8 Å². The molecule has 2 aromatic rings. The number of carbonyl (C=O) groups excluding carboxylic acids is 1. The highest BCUT2D eigenvalue weighted by Crippen LogP contribution is 2.26. The Bertz CT molecular complexity index is 797. The lowest BCUT2D eigenvalue weighted by Gasteiger charge is -2.16. The van der Waals surface area contributed by atoms with Gasteiger partial charge in [-0.05, 0) is 24.3 Å². The van der Waals surface area contributed by atoms with E-state index < -0.39 is 18.5 Å². The minimum atomic E-state index is -4.19. The first-order valence-corrected chi connectivity index (χ1v) is 9.38. The van der Waals surface area contributed by atoms with Crippen molar-refractivity contribution in [1.82, 2.24) is 14.8 Å². The van der Waals surface area contributed by atoms with E-state index in [0.29, 0.717) is 11.4 Å². The molecule has 0 spiro atoms. The molecule has 0 aromatic carbocycles. The number of aromatic nitrogens is 3. The van der Waals surface area contributed by atoms with Gasteiger partial charge in [0.05, 0.1) is 18.1 Å². The average Bonchev–Trinajstić information content (AvgIpc) is 3.01. The summed E-state index contributed by atoms with van der Waals surface area (Å²) in [6, 6.07) is 3.49. The monoisotopic (exact) mass is 419 g/mol. The van der Waals surface area contributed by atoms with Gasteiger partial charge in [0.25, 0.3) is 5.91 Å². The molecule has 27 heavy (non-hydrogen) atoms. The molecule has 0 aliphatic heterocycles. The first-order valence-electron chi connectivity index (χ1n) is 7.84. The van der Waals surface area contributed by atoms with Crippen molar-refractivity contribution < 1.29 is 18.0 Å². The first kappa shape index (κ1) is 21.2. The number of amides is 1. The fraction of sp³-hybridized carbons (Fsp3) is 0.375. The van der Waals surface area contributed by atoms with Crippen molar-refractivity contribution in [3.8, 4) is 5.69 Å². The van der Waals surface area contributed by atoms with Crippen LogP contribution in [0.25, 0.3) is 5.69 Å². The third-order valence-electron chi connectivity index (χ3n) is 3.48. The van der Waals surface area contributed by atoms with Gasteiger partial charge in [0.15, 0.2) is 5.15 Å². The zero-order valence-corrected chi connectivity index (χ0v) is 15.9. The molecule has 11 heteroatoms. The summed E-state index contributed by atoms with van der Waals surface area (Å²) in [4.78, 5) is 17.5. The molecule has 2 aromatic heterocycles.